The van der Waals surface area contributed by atoms with Gasteiger partial charge < -0.3 is 5.73 Å². The number of nitrogens with two attached hydrogens (primary N) is 1. The molecule has 0 aliphatic rings. The minimum atomic E-state index is -4.43. The fourth-order valence-electron chi connectivity index (χ4n) is 2.13. The van der Waals surface area contributed by atoms with Crippen LogP contribution in [0.3, 0.4) is 0 Å². The van der Waals surface area contributed by atoms with Crippen molar-refractivity contribution < 1.29 is 13.2 Å². The molecule has 0 spiro atoms. The van der Waals surface area contributed by atoms with E-state index in [9.17, 15) is 13.2 Å². The Morgan fingerprint density at radius 1 is 1.29 bits per heavy atom. The standard InChI is InChI=1S/C15H18F3N3/c1-3-12(19)8-11-4-5-14(13(9-11)15(16,17)18)21-7-6-10(2)20-21/h4-7,9,12H,3,8,19H2,1-2H3. The number of alkyl halides is 3. The van der Waals surface area contributed by atoms with Crippen LogP contribution in [0.15, 0.2) is 30.5 Å². The van der Waals surface area contributed by atoms with Gasteiger partial charge in [-0.05, 0) is 43.5 Å². The summed E-state index contributed by atoms with van der Waals surface area (Å²) in [6, 6.07) is 5.83. The first-order valence-electron chi connectivity index (χ1n) is 6.79. The smallest absolute Gasteiger partial charge is 0.327 e. The Morgan fingerprint density at radius 2 is 2.00 bits per heavy atom. The molecule has 0 amide bonds. The van der Waals surface area contributed by atoms with Gasteiger partial charge in [0.25, 0.3) is 0 Å². The molecule has 0 aliphatic heterocycles. The molecule has 1 unspecified atom stereocenters. The summed E-state index contributed by atoms with van der Waals surface area (Å²) in [5.74, 6) is 0. The summed E-state index contributed by atoms with van der Waals surface area (Å²) in [5.41, 5.74) is 6.42. The van der Waals surface area contributed by atoms with E-state index >= 15 is 0 Å². The van der Waals surface area contributed by atoms with E-state index < -0.39 is 11.7 Å². The zero-order valence-corrected chi connectivity index (χ0v) is 12.0. The fraction of sp³-hybridized carbons (Fsp3) is 0.400. The van der Waals surface area contributed by atoms with Gasteiger partial charge in [-0.25, -0.2) is 4.68 Å². The van der Waals surface area contributed by atoms with Crippen molar-refractivity contribution in [2.24, 2.45) is 5.73 Å². The van der Waals surface area contributed by atoms with Crippen molar-refractivity contribution in [2.45, 2.75) is 38.9 Å². The van der Waals surface area contributed by atoms with Crippen molar-refractivity contribution in [3.63, 3.8) is 0 Å². The van der Waals surface area contributed by atoms with Crippen LogP contribution in [0.5, 0.6) is 0 Å². The zero-order chi connectivity index (χ0) is 15.6. The van der Waals surface area contributed by atoms with Crippen molar-refractivity contribution in [3.05, 3.63) is 47.3 Å². The maximum absolute atomic E-state index is 13.3. The molecular weight excluding hydrogens is 279 g/mol. The molecule has 0 saturated carbocycles. The molecule has 21 heavy (non-hydrogen) atoms. The van der Waals surface area contributed by atoms with Crippen molar-refractivity contribution in [2.75, 3.05) is 0 Å². The highest BCUT2D eigenvalue weighted by atomic mass is 19.4. The number of halogens is 3. The van der Waals surface area contributed by atoms with Crippen LogP contribution in [0.25, 0.3) is 5.69 Å². The average Bonchev–Trinajstić information content (AvgIpc) is 2.84. The molecule has 0 saturated heterocycles. The van der Waals surface area contributed by atoms with Gasteiger partial charge >= 0.3 is 6.18 Å². The molecule has 6 heteroatoms. The second kappa shape index (κ2) is 5.89. The van der Waals surface area contributed by atoms with E-state index in [1.165, 1.54) is 23.0 Å². The normalized spacial score (nSPS) is 13.4. The second-order valence-electron chi connectivity index (χ2n) is 5.12. The molecule has 0 fully saturated rings. The summed E-state index contributed by atoms with van der Waals surface area (Å²) < 4.78 is 41.1. The van der Waals surface area contributed by atoms with Gasteiger partial charge in [0.15, 0.2) is 0 Å². The minimum Gasteiger partial charge on any atom is -0.327 e. The number of aryl methyl sites for hydroxylation is 1. The lowest BCUT2D eigenvalue weighted by molar-refractivity contribution is -0.137. The molecular formula is C15H18F3N3. The lowest BCUT2D eigenvalue weighted by Gasteiger charge is -2.16. The van der Waals surface area contributed by atoms with Crippen molar-refractivity contribution >= 4 is 0 Å². The maximum Gasteiger partial charge on any atom is 0.418 e. The Kier molecular flexibility index (Phi) is 4.37. The van der Waals surface area contributed by atoms with Crippen molar-refractivity contribution in [1.82, 2.24) is 9.78 Å². The summed E-state index contributed by atoms with van der Waals surface area (Å²) in [6.45, 7) is 3.65. The van der Waals surface area contributed by atoms with Gasteiger partial charge in [-0.3, -0.25) is 0 Å². The first-order chi connectivity index (χ1) is 9.81. The summed E-state index contributed by atoms with van der Waals surface area (Å²) in [7, 11) is 0. The third-order valence-electron chi connectivity index (χ3n) is 3.36. The second-order valence-corrected chi connectivity index (χ2v) is 5.12. The van der Waals surface area contributed by atoms with E-state index in [0.29, 0.717) is 17.7 Å². The minimum absolute atomic E-state index is 0.0319. The molecule has 1 aromatic heterocycles. The lowest BCUT2D eigenvalue weighted by atomic mass is 10.0. The van der Waals surface area contributed by atoms with Crippen LogP contribution in [-0.2, 0) is 12.6 Å². The van der Waals surface area contributed by atoms with Crippen LogP contribution < -0.4 is 5.73 Å². The Hall–Kier alpha value is -1.82. The molecule has 1 heterocycles. The van der Waals surface area contributed by atoms with Crippen LogP contribution in [0.2, 0.25) is 0 Å². The number of rotatable bonds is 4. The Morgan fingerprint density at radius 3 is 2.52 bits per heavy atom. The van der Waals surface area contributed by atoms with E-state index in [4.69, 9.17) is 5.73 Å². The first kappa shape index (κ1) is 15.6. The van der Waals surface area contributed by atoms with E-state index in [1.54, 1.807) is 19.1 Å². The molecule has 2 aromatic rings. The first-order valence-corrected chi connectivity index (χ1v) is 6.79. The molecule has 2 rings (SSSR count). The maximum atomic E-state index is 13.3. The number of benzene rings is 1. The molecule has 1 aromatic carbocycles. The Balaban J connectivity index is 2.46. The number of nitrogens with zero attached hydrogens (tertiary/aromatic N) is 2. The third-order valence-corrected chi connectivity index (χ3v) is 3.36. The number of aromatic nitrogens is 2. The predicted molar refractivity (Wildman–Crippen MR) is 75.3 cm³/mol. The van der Waals surface area contributed by atoms with Gasteiger partial charge in [-0.1, -0.05) is 13.0 Å². The van der Waals surface area contributed by atoms with Crippen LogP contribution in [0.1, 0.15) is 30.2 Å². The summed E-state index contributed by atoms with van der Waals surface area (Å²) in [5, 5.41) is 4.05. The topological polar surface area (TPSA) is 43.8 Å². The summed E-state index contributed by atoms with van der Waals surface area (Å²) in [6.07, 6.45) is -1.75. The van der Waals surface area contributed by atoms with Crippen LogP contribution in [-0.4, -0.2) is 15.8 Å². The van der Waals surface area contributed by atoms with Gasteiger partial charge in [0.2, 0.25) is 0 Å². The van der Waals surface area contributed by atoms with E-state index in [2.05, 4.69) is 5.10 Å². The number of hydrogen-bond donors (Lipinski definition) is 1. The van der Waals surface area contributed by atoms with Gasteiger partial charge in [0.1, 0.15) is 0 Å². The highest BCUT2D eigenvalue weighted by Gasteiger charge is 2.34. The van der Waals surface area contributed by atoms with Gasteiger partial charge in [0, 0.05) is 12.2 Å². The van der Waals surface area contributed by atoms with Gasteiger partial charge in [-0.15, -0.1) is 0 Å². The van der Waals surface area contributed by atoms with Crippen molar-refractivity contribution in [1.29, 1.82) is 0 Å². The van der Waals surface area contributed by atoms with Gasteiger partial charge in [-0.2, -0.15) is 18.3 Å². The molecule has 3 nitrogen and oxygen atoms in total. The Labute approximate surface area is 121 Å². The van der Waals surface area contributed by atoms with E-state index in [1.807, 2.05) is 6.92 Å². The van der Waals surface area contributed by atoms with Crippen LogP contribution >= 0.6 is 0 Å². The predicted octanol–water partition coefficient (Wildman–Crippen LogP) is 3.48. The number of hydrogen-bond acceptors (Lipinski definition) is 2. The fourth-order valence-corrected chi connectivity index (χ4v) is 2.13. The van der Waals surface area contributed by atoms with E-state index in [-0.39, 0.29) is 11.7 Å². The highest BCUT2D eigenvalue weighted by Crippen LogP contribution is 2.34. The SMILES string of the molecule is CCC(N)Cc1ccc(-n2ccc(C)n2)c(C(F)(F)F)c1. The van der Waals surface area contributed by atoms with Crippen molar-refractivity contribution in [3.8, 4) is 5.69 Å². The molecule has 2 N–H and O–H groups in total. The lowest BCUT2D eigenvalue weighted by Crippen LogP contribution is -2.22. The molecule has 0 radical (unpaired) electrons. The quantitative estimate of drug-likeness (QED) is 0.939. The molecule has 0 bridgehead atoms. The zero-order valence-electron chi connectivity index (χ0n) is 12.0. The molecule has 0 aliphatic carbocycles. The van der Waals surface area contributed by atoms with Crippen LogP contribution in [0.4, 0.5) is 13.2 Å². The largest absolute Gasteiger partial charge is 0.418 e. The van der Waals surface area contributed by atoms with Gasteiger partial charge in [0.05, 0.1) is 16.9 Å². The summed E-state index contributed by atoms with van der Waals surface area (Å²) in [4.78, 5) is 0. The molecule has 1 atom stereocenters. The summed E-state index contributed by atoms with van der Waals surface area (Å²) >= 11 is 0. The average molecular weight is 297 g/mol. The van der Waals surface area contributed by atoms with E-state index in [0.717, 1.165) is 6.42 Å². The Bertz CT molecular complexity index is 617. The molecule has 114 valence electrons. The monoisotopic (exact) mass is 297 g/mol. The van der Waals surface area contributed by atoms with Crippen LogP contribution in [0, 0.1) is 6.92 Å². The highest BCUT2D eigenvalue weighted by molar-refractivity contribution is 5.45. The third kappa shape index (κ3) is 3.64.